The predicted molar refractivity (Wildman–Crippen MR) is 58.8 cm³/mol. The molecule has 0 unspecified atom stereocenters. The minimum atomic E-state index is -0.761. The number of carbonyl (C=O) groups is 1. The van der Waals surface area contributed by atoms with Gasteiger partial charge in [-0.2, -0.15) is 0 Å². The molecule has 9 heteroatoms. The predicted octanol–water partition coefficient (Wildman–Crippen LogP) is -0.687. The van der Waals surface area contributed by atoms with E-state index in [9.17, 15) is 14.9 Å². The first-order valence-electron chi connectivity index (χ1n) is 5.10. The highest BCUT2D eigenvalue weighted by Gasteiger charge is 2.23. The molecule has 0 spiro atoms. The van der Waals surface area contributed by atoms with Crippen LogP contribution in [0.1, 0.15) is 12.8 Å². The van der Waals surface area contributed by atoms with Crippen LogP contribution < -0.4 is 11.2 Å². The number of nitrogens with two attached hydrogens (primary N) is 1. The Balaban J connectivity index is 2.41. The molecule has 96 valence electrons. The third kappa shape index (κ3) is 4.13. The molecule has 1 fully saturated rings. The van der Waals surface area contributed by atoms with Gasteiger partial charge in [0.2, 0.25) is 0 Å². The van der Waals surface area contributed by atoms with E-state index >= 15 is 0 Å². The molecule has 0 aliphatic carbocycles. The number of nitro groups is 1. The summed E-state index contributed by atoms with van der Waals surface area (Å²) in [6.07, 6.45) is 0.841. The quantitative estimate of drug-likeness (QED) is 0.287. The molecule has 1 saturated heterocycles. The lowest BCUT2D eigenvalue weighted by Gasteiger charge is -2.28. The Labute approximate surface area is 97.7 Å². The molecule has 0 aromatic carbocycles. The number of guanidine groups is 1. The van der Waals surface area contributed by atoms with Crippen LogP contribution in [0.25, 0.3) is 0 Å². The Bertz CT molecular complexity index is 324. The van der Waals surface area contributed by atoms with Crippen LogP contribution in [0.15, 0.2) is 4.99 Å². The van der Waals surface area contributed by atoms with Gasteiger partial charge in [-0.1, -0.05) is 5.43 Å². The van der Waals surface area contributed by atoms with Gasteiger partial charge in [-0.05, 0) is 12.8 Å². The smallest absolute Gasteiger partial charge is 0.409 e. The molecule has 0 bridgehead atoms. The van der Waals surface area contributed by atoms with E-state index in [1.54, 1.807) is 10.3 Å². The van der Waals surface area contributed by atoms with Gasteiger partial charge in [0, 0.05) is 13.1 Å². The summed E-state index contributed by atoms with van der Waals surface area (Å²) < 4.78 is 4.58. The number of carbonyl (C=O) groups excluding carboxylic acids is 1. The summed E-state index contributed by atoms with van der Waals surface area (Å²) in [6.45, 7) is 1.01. The summed E-state index contributed by atoms with van der Waals surface area (Å²) in [4.78, 5) is 26.8. The van der Waals surface area contributed by atoms with Gasteiger partial charge in [-0.3, -0.25) is 0 Å². The van der Waals surface area contributed by atoms with Gasteiger partial charge < -0.3 is 15.4 Å². The normalized spacial score (nSPS) is 17.7. The minimum absolute atomic E-state index is 0.108. The molecule has 1 aliphatic rings. The average molecular weight is 245 g/mol. The van der Waals surface area contributed by atoms with Crippen molar-refractivity contribution in [2.45, 2.75) is 18.9 Å². The van der Waals surface area contributed by atoms with Gasteiger partial charge in [-0.25, -0.2) is 19.9 Å². The molecular formula is C8H15N5O4. The molecule has 9 nitrogen and oxygen atoms in total. The van der Waals surface area contributed by atoms with Crippen molar-refractivity contribution >= 4 is 12.1 Å². The molecule has 17 heavy (non-hydrogen) atoms. The van der Waals surface area contributed by atoms with Crippen molar-refractivity contribution in [3.8, 4) is 0 Å². The number of likely N-dealkylation sites (tertiary alicyclic amines) is 1. The van der Waals surface area contributed by atoms with E-state index in [-0.39, 0.29) is 18.1 Å². The second kappa shape index (κ2) is 5.87. The number of nitrogens with zero attached hydrogens (tertiary/aromatic N) is 3. The Hall–Kier alpha value is -2.06. The van der Waals surface area contributed by atoms with E-state index in [0.717, 1.165) is 0 Å². The summed E-state index contributed by atoms with van der Waals surface area (Å²) in [5.41, 5.74) is 7.10. The summed E-state index contributed by atoms with van der Waals surface area (Å²) in [5, 5.41) is 9.33. The molecule has 1 rings (SSSR count). The van der Waals surface area contributed by atoms with Crippen molar-refractivity contribution in [1.82, 2.24) is 10.3 Å². The van der Waals surface area contributed by atoms with Crippen molar-refractivity contribution in [2.24, 2.45) is 10.7 Å². The van der Waals surface area contributed by atoms with E-state index in [0.29, 0.717) is 25.9 Å². The minimum Gasteiger partial charge on any atom is -0.453 e. The molecule has 1 aliphatic heterocycles. The van der Waals surface area contributed by atoms with Gasteiger partial charge in [0.05, 0.1) is 13.2 Å². The van der Waals surface area contributed by atoms with Gasteiger partial charge in [0.1, 0.15) is 0 Å². The highest BCUT2D eigenvalue weighted by atomic mass is 16.7. The third-order valence-corrected chi connectivity index (χ3v) is 2.42. The van der Waals surface area contributed by atoms with E-state index in [1.165, 1.54) is 7.11 Å². The first-order valence-corrected chi connectivity index (χ1v) is 5.10. The molecule has 1 amide bonds. The zero-order valence-electron chi connectivity index (χ0n) is 9.46. The molecule has 0 saturated carbocycles. The van der Waals surface area contributed by atoms with Gasteiger partial charge in [-0.15, -0.1) is 0 Å². The molecule has 3 N–H and O–H groups in total. The lowest BCUT2D eigenvalue weighted by Crippen LogP contribution is -2.42. The number of methoxy groups -OCH3 is 1. The van der Waals surface area contributed by atoms with Crippen molar-refractivity contribution in [1.29, 1.82) is 0 Å². The maximum Gasteiger partial charge on any atom is 0.409 e. The fourth-order valence-corrected chi connectivity index (χ4v) is 1.63. The number of hydrogen-bond donors (Lipinski definition) is 2. The lowest BCUT2D eigenvalue weighted by atomic mass is 10.1. The number of amides is 1. The number of hydrogen-bond acceptors (Lipinski definition) is 5. The first kappa shape index (κ1) is 13.0. The fourth-order valence-electron chi connectivity index (χ4n) is 1.63. The Kier molecular flexibility index (Phi) is 4.49. The topological polar surface area (TPSA) is 123 Å². The van der Waals surface area contributed by atoms with E-state index < -0.39 is 5.03 Å². The van der Waals surface area contributed by atoms with Crippen molar-refractivity contribution in [3.05, 3.63) is 10.1 Å². The van der Waals surface area contributed by atoms with Crippen LogP contribution in [0.2, 0.25) is 0 Å². The van der Waals surface area contributed by atoms with E-state index in [4.69, 9.17) is 5.73 Å². The van der Waals surface area contributed by atoms with Gasteiger partial charge >= 0.3 is 6.09 Å². The average Bonchev–Trinajstić information content (AvgIpc) is 2.28. The van der Waals surface area contributed by atoms with Crippen molar-refractivity contribution in [2.75, 3.05) is 20.2 Å². The third-order valence-electron chi connectivity index (χ3n) is 2.42. The Morgan fingerprint density at radius 2 is 2.18 bits per heavy atom. The highest BCUT2D eigenvalue weighted by Crippen LogP contribution is 2.13. The van der Waals surface area contributed by atoms with Gasteiger partial charge in [0.25, 0.3) is 5.96 Å². The monoisotopic (exact) mass is 245 g/mol. The van der Waals surface area contributed by atoms with Crippen LogP contribution in [0.4, 0.5) is 4.79 Å². The number of rotatable bonds is 2. The number of aliphatic imine (C=N–C) groups is 1. The molecule has 0 aromatic rings. The van der Waals surface area contributed by atoms with Crippen LogP contribution in [0.5, 0.6) is 0 Å². The maximum atomic E-state index is 11.2. The Morgan fingerprint density at radius 3 is 2.65 bits per heavy atom. The van der Waals surface area contributed by atoms with Crippen LogP contribution in [-0.2, 0) is 4.74 Å². The van der Waals surface area contributed by atoms with Crippen LogP contribution in [-0.4, -0.2) is 48.2 Å². The number of nitrogens with one attached hydrogen (secondary N) is 1. The van der Waals surface area contributed by atoms with Crippen molar-refractivity contribution in [3.63, 3.8) is 0 Å². The second-order valence-corrected chi connectivity index (χ2v) is 3.57. The standard InChI is InChI=1S/C8H15N5O4/c1-17-8(14)12-4-2-6(3-5-12)10-7(9)11-13(15)16/h6H,2-5H2,1H3,(H3,9,10,11). The fraction of sp³-hybridized carbons (Fsp3) is 0.750. The number of ether oxygens (including phenoxy) is 1. The summed E-state index contributed by atoms with van der Waals surface area (Å²) in [5.74, 6) is -0.216. The van der Waals surface area contributed by atoms with E-state index in [2.05, 4.69) is 9.73 Å². The molecule has 0 atom stereocenters. The molecule has 1 heterocycles. The summed E-state index contributed by atoms with van der Waals surface area (Å²) in [7, 11) is 1.32. The van der Waals surface area contributed by atoms with Crippen LogP contribution in [0.3, 0.4) is 0 Å². The molecule has 0 aromatic heterocycles. The van der Waals surface area contributed by atoms with Crippen molar-refractivity contribution < 1.29 is 14.6 Å². The van der Waals surface area contributed by atoms with Crippen LogP contribution >= 0.6 is 0 Å². The van der Waals surface area contributed by atoms with E-state index in [1.807, 2.05) is 0 Å². The molecular weight excluding hydrogens is 230 g/mol. The second-order valence-electron chi connectivity index (χ2n) is 3.57. The van der Waals surface area contributed by atoms with Gasteiger partial charge in [0.15, 0.2) is 5.03 Å². The zero-order chi connectivity index (χ0) is 12.8. The summed E-state index contributed by atoms with van der Waals surface area (Å²) >= 11 is 0. The molecule has 0 radical (unpaired) electrons. The Morgan fingerprint density at radius 1 is 1.59 bits per heavy atom. The lowest BCUT2D eigenvalue weighted by molar-refractivity contribution is -0.525. The largest absolute Gasteiger partial charge is 0.453 e. The number of hydrazine groups is 1. The maximum absolute atomic E-state index is 11.2. The zero-order valence-corrected chi connectivity index (χ0v) is 9.46. The van der Waals surface area contributed by atoms with Crippen LogP contribution in [0, 0.1) is 10.1 Å². The summed E-state index contributed by atoms with van der Waals surface area (Å²) in [6, 6.07) is -0.108. The number of piperidine rings is 1. The highest BCUT2D eigenvalue weighted by molar-refractivity contribution is 5.76. The SMILES string of the molecule is COC(=O)N1CCC(N=C(N)N[N+](=O)[O-])CC1. The first-order chi connectivity index (χ1) is 8.02.